The fourth-order valence-electron chi connectivity index (χ4n) is 1.07. The monoisotopic (exact) mass is 184 g/mol. The number of carbonyl (C=O) groups is 1. The Labute approximate surface area is 80.8 Å². The molecule has 0 fully saturated rings. The smallest absolute Gasteiger partial charge is 0.221 e. The standard InChI is InChI=1S/C10H20N2O/c1-4-8-11-10(13)7-9-12(5-2)6-3/h4H,1,5-9H2,2-3H3,(H,11,13). The molecule has 0 atom stereocenters. The van der Waals surface area contributed by atoms with Gasteiger partial charge in [-0.15, -0.1) is 6.58 Å². The summed E-state index contributed by atoms with van der Waals surface area (Å²) in [6.07, 6.45) is 2.27. The third-order valence-corrected chi connectivity index (χ3v) is 1.99. The third kappa shape index (κ3) is 6.34. The minimum atomic E-state index is 0.104. The summed E-state index contributed by atoms with van der Waals surface area (Å²) in [6, 6.07) is 0. The number of carbonyl (C=O) groups excluding carboxylic acids is 1. The van der Waals surface area contributed by atoms with Crippen LogP contribution in [0.4, 0.5) is 0 Å². The first-order valence-electron chi connectivity index (χ1n) is 4.84. The lowest BCUT2D eigenvalue weighted by Gasteiger charge is -2.16. The van der Waals surface area contributed by atoms with Crippen molar-refractivity contribution in [3.63, 3.8) is 0 Å². The fourth-order valence-corrected chi connectivity index (χ4v) is 1.07. The predicted octanol–water partition coefficient (Wildman–Crippen LogP) is 1.02. The van der Waals surface area contributed by atoms with Crippen molar-refractivity contribution in [2.45, 2.75) is 20.3 Å². The number of hydrogen-bond donors (Lipinski definition) is 1. The molecule has 0 heterocycles. The van der Waals surface area contributed by atoms with Gasteiger partial charge in [-0.05, 0) is 13.1 Å². The lowest BCUT2D eigenvalue weighted by molar-refractivity contribution is -0.121. The molecule has 0 aromatic carbocycles. The summed E-state index contributed by atoms with van der Waals surface area (Å²) in [5.74, 6) is 0.104. The van der Waals surface area contributed by atoms with Crippen LogP contribution in [0.15, 0.2) is 12.7 Å². The SMILES string of the molecule is C=CCNC(=O)CCN(CC)CC. The van der Waals surface area contributed by atoms with Crippen molar-refractivity contribution < 1.29 is 4.79 Å². The Bertz CT molecular complexity index is 153. The maximum absolute atomic E-state index is 11.2. The Morgan fingerprint density at radius 3 is 2.54 bits per heavy atom. The van der Waals surface area contributed by atoms with E-state index in [1.165, 1.54) is 0 Å². The lowest BCUT2D eigenvalue weighted by Crippen LogP contribution is -2.30. The van der Waals surface area contributed by atoms with Gasteiger partial charge in [-0.3, -0.25) is 4.79 Å². The van der Waals surface area contributed by atoms with Crippen LogP contribution < -0.4 is 5.32 Å². The minimum Gasteiger partial charge on any atom is -0.353 e. The van der Waals surface area contributed by atoms with Gasteiger partial charge < -0.3 is 10.2 Å². The Kier molecular flexibility index (Phi) is 7.30. The highest BCUT2D eigenvalue weighted by molar-refractivity contribution is 5.76. The van der Waals surface area contributed by atoms with Crippen LogP contribution >= 0.6 is 0 Å². The van der Waals surface area contributed by atoms with Gasteiger partial charge in [0.15, 0.2) is 0 Å². The first-order chi connectivity index (χ1) is 6.24. The van der Waals surface area contributed by atoms with E-state index in [2.05, 4.69) is 30.6 Å². The number of amides is 1. The van der Waals surface area contributed by atoms with Crippen LogP contribution in [0, 0.1) is 0 Å². The zero-order valence-electron chi connectivity index (χ0n) is 8.68. The second kappa shape index (κ2) is 7.80. The average molecular weight is 184 g/mol. The molecule has 0 aromatic heterocycles. The van der Waals surface area contributed by atoms with Crippen LogP contribution in [0.3, 0.4) is 0 Å². The maximum Gasteiger partial charge on any atom is 0.221 e. The first kappa shape index (κ1) is 12.2. The largest absolute Gasteiger partial charge is 0.353 e. The van der Waals surface area contributed by atoms with E-state index in [0.29, 0.717) is 13.0 Å². The molecule has 1 N–H and O–H groups in total. The van der Waals surface area contributed by atoms with Gasteiger partial charge in [0, 0.05) is 19.5 Å². The van der Waals surface area contributed by atoms with E-state index in [4.69, 9.17) is 0 Å². The summed E-state index contributed by atoms with van der Waals surface area (Å²) in [5, 5.41) is 2.75. The van der Waals surface area contributed by atoms with Crippen molar-refractivity contribution in [2.24, 2.45) is 0 Å². The summed E-state index contributed by atoms with van der Waals surface area (Å²) >= 11 is 0. The Morgan fingerprint density at radius 1 is 1.46 bits per heavy atom. The summed E-state index contributed by atoms with van der Waals surface area (Å²) in [4.78, 5) is 13.4. The number of nitrogens with one attached hydrogen (secondary N) is 1. The average Bonchev–Trinajstić information content (AvgIpc) is 2.16. The van der Waals surface area contributed by atoms with Gasteiger partial charge in [0.2, 0.25) is 5.91 Å². The highest BCUT2D eigenvalue weighted by Gasteiger charge is 2.03. The van der Waals surface area contributed by atoms with Crippen LogP contribution in [0.1, 0.15) is 20.3 Å². The summed E-state index contributed by atoms with van der Waals surface area (Å²) in [7, 11) is 0. The number of hydrogen-bond acceptors (Lipinski definition) is 2. The molecule has 76 valence electrons. The van der Waals surface area contributed by atoms with E-state index in [1.54, 1.807) is 6.08 Å². The van der Waals surface area contributed by atoms with Crippen molar-refractivity contribution in [3.05, 3.63) is 12.7 Å². The quantitative estimate of drug-likeness (QED) is 0.599. The molecular weight excluding hydrogens is 164 g/mol. The van der Waals surface area contributed by atoms with Crippen LogP contribution in [0.25, 0.3) is 0 Å². The van der Waals surface area contributed by atoms with Crippen molar-refractivity contribution in [2.75, 3.05) is 26.2 Å². The Balaban J connectivity index is 3.49. The summed E-state index contributed by atoms with van der Waals surface area (Å²) < 4.78 is 0. The number of nitrogens with zero attached hydrogens (tertiary/aromatic N) is 1. The topological polar surface area (TPSA) is 32.3 Å². The number of rotatable bonds is 7. The first-order valence-corrected chi connectivity index (χ1v) is 4.84. The van der Waals surface area contributed by atoms with E-state index in [1.807, 2.05) is 0 Å². The summed E-state index contributed by atoms with van der Waals surface area (Å²) in [5.41, 5.74) is 0. The fraction of sp³-hybridized carbons (Fsp3) is 0.700. The van der Waals surface area contributed by atoms with Crippen LogP contribution in [0.2, 0.25) is 0 Å². The predicted molar refractivity (Wildman–Crippen MR) is 55.6 cm³/mol. The van der Waals surface area contributed by atoms with E-state index in [0.717, 1.165) is 19.6 Å². The second-order valence-electron chi connectivity index (χ2n) is 2.87. The molecular formula is C10H20N2O. The van der Waals surface area contributed by atoms with Crippen molar-refractivity contribution in [1.82, 2.24) is 10.2 Å². The molecule has 0 saturated heterocycles. The Hall–Kier alpha value is -0.830. The molecule has 0 unspecified atom stereocenters. The lowest BCUT2D eigenvalue weighted by atomic mass is 10.3. The molecule has 0 aromatic rings. The normalized spacial score (nSPS) is 10.1. The molecule has 0 aliphatic heterocycles. The van der Waals surface area contributed by atoms with Gasteiger partial charge >= 0.3 is 0 Å². The van der Waals surface area contributed by atoms with Crippen molar-refractivity contribution in [3.8, 4) is 0 Å². The van der Waals surface area contributed by atoms with E-state index < -0.39 is 0 Å². The van der Waals surface area contributed by atoms with Crippen molar-refractivity contribution in [1.29, 1.82) is 0 Å². The molecule has 1 amide bonds. The second-order valence-corrected chi connectivity index (χ2v) is 2.87. The van der Waals surface area contributed by atoms with Crippen molar-refractivity contribution >= 4 is 5.91 Å². The van der Waals surface area contributed by atoms with Gasteiger partial charge in [-0.2, -0.15) is 0 Å². The van der Waals surface area contributed by atoms with Crippen LogP contribution in [-0.4, -0.2) is 37.0 Å². The van der Waals surface area contributed by atoms with Gasteiger partial charge in [-0.25, -0.2) is 0 Å². The maximum atomic E-state index is 11.2. The molecule has 13 heavy (non-hydrogen) atoms. The van der Waals surface area contributed by atoms with Crippen LogP contribution in [0.5, 0.6) is 0 Å². The molecule has 3 nitrogen and oxygen atoms in total. The van der Waals surface area contributed by atoms with Gasteiger partial charge in [0.05, 0.1) is 0 Å². The highest BCUT2D eigenvalue weighted by atomic mass is 16.1. The van der Waals surface area contributed by atoms with Gasteiger partial charge in [0.1, 0.15) is 0 Å². The molecule has 0 saturated carbocycles. The summed E-state index contributed by atoms with van der Waals surface area (Å²) in [6.45, 7) is 11.2. The highest BCUT2D eigenvalue weighted by Crippen LogP contribution is 1.90. The van der Waals surface area contributed by atoms with Gasteiger partial charge in [-0.1, -0.05) is 19.9 Å². The van der Waals surface area contributed by atoms with E-state index in [9.17, 15) is 4.79 Å². The zero-order chi connectivity index (χ0) is 10.1. The molecule has 0 radical (unpaired) electrons. The molecule has 0 spiro atoms. The molecule has 3 heteroatoms. The molecule has 0 rings (SSSR count). The Morgan fingerprint density at radius 2 is 2.08 bits per heavy atom. The van der Waals surface area contributed by atoms with E-state index >= 15 is 0 Å². The molecule has 0 aliphatic rings. The van der Waals surface area contributed by atoms with Gasteiger partial charge in [0.25, 0.3) is 0 Å². The molecule has 0 aliphatic carbocycles. The molecule has 0 bridgehead atoms. The minimum absolute atomic E-state index is 0.104. The van der Waals surface area contributed by atoms with E-state index in [-0.39, 0.29) is 5.91 Å². The third-order valence-electron chi connectivity index (χ3n) is 1.99. The van der Waals surface area contributed by atoms with Crippen LogP contribution in [-0.2, 0) is 4.79 Å². The zero-order valence-corrected chi connectivity index (χ0v) is 8.68.